The molecule has 2 bridgehead atoms. The van der Waals surface area contributed by atoms with E-state index in [2.05, 4.69) is 0 Å². The van der Waals surface area contributed by atoms with Crippen molar-refractivity contribution in [1.29, 1.82) is 0 Å². The van der Waals surface area contributed by atoms with Gasteiger partial charge in [0.1, 0.15) is 0 Å². The molecule has 0 aromatic heterocycles. The standard InChI is InChI=1S/C11H16O4/c1-13-9-7-11(10(12)14-2)5-3-4-8(6-11)15-9/h3-4,8-9H,5-7H2,1-2H3/t8-,9+,11-/m0/s1. The van der Waals surface area contributed by atoms with Gasteiger partial charge < -0.3 is 14.2 Å². The smallest absolute Gasteiger partial charge is 0.312 e. The SMILES string of the molecule is COC(=O)[C@@]12CC=C[C@@H](C1)O[C@@H](OC)C2. The minimum Gasteiger partial charge on any atom is -0.469 e. The highest BCUT2D eigenvalue weighted by Crippen LogP contribution is 2.44. The summed E-state index contributed by atoms with van der Waals surface area (Å²) in [6.07, 6.45) is 5.68. The van der Waals surface area contributed by atoms with E-state index in [0.717, 1.165) is 6.42 Å². The Kier molecular flexibility index (Phi) is 2.80. The number of carbonyl (C=O) groups excluding carboxylic acids is 1. The number of esters is 1. The lowest BCUT2D eigenvalue weighted by Crippen LogP contribution is -2.47. The van der Waals surface area contributed by atoms with Crippen molar-refractivity contribution in [2.45, 2.75) is 31.7 Å². The molecule has 0 radical (unpaired) electrons. The molecule has 0 N–H and O–H groups in total. The monoisotopic (exact) mass is 212 g/mol. The summed E-state index contributed by atoms with van der Waals surface area (Å²) in [4.78, 5) is 11.8. The highest BCUT2D eigenvalue weighted by atomic mass is 16.7. The normalized spacial score (nSPS) is 38.8. The van der Waals surface area contributed by atoms with Crippen LogP contribution in [0.15, 0.2) is 12.2 Å². The fourth-order valence-corrected chi connectivity index (χ4v) is 2.41. The molecule has 1 saturated heterocycles. The van der Waals surface area contributed by atoms with Gasteiger partial charge in [-0.15, -0.1) is 0 Å². The second-order valence-electron chi connectivity index (χ2n) is 4.15. The van der Waals surface area contributed by atoms with E-state index in [1.54, 1.807) is 7.11 Å². The summed E-state index contributed by atoms with van der Waals surface area (Å²) in [5.74, 6) is -0.151. The number of hydrogen-bond acceptors (Lipinski definition) is 4. The average molecular weight is 212 g/mol. The zero-order valence-electron chi connectivity index (χ0n) is 9.06. The molecule has 4 heteroatoms. The predicted molar refractivity (Wildman–Crippen MR) is 53.1 cm³/mol. The van der Waals surface area contributed by atoms with Crippen molar-refractivity contribution in [3.05, 3.63) is 12.2 Å². The van der Waals surface area contributed by atoms with Crippen LogP contribution in [-0.4, -0.2) is 32.6 Å². The largest absolute Gasteiger partial charge is 0.469 e. The third kappa shape index (κ3) is 1.79. The summed E-state index contributed by atoms with van der Waals surface area (Å²) in [5.41, 5.74) is -0.437. The van der Waals surface area contributed by atoms with E-state index in [4.69, 9.17) is 14.2 Å². The van der Waals surface area contributed by atoms with Crippen molar-refractivity contribution in [3.63, 3.8) is 0 Å². The Labute approximate surface area is 89.2 Å². The van der Waals surface area contributed by atoms with Crippen LogP contribution in [0.1, 0.15) is 19.3 Å². The van der Waals surface area contributed by atoms with Gasteiger partial charge in [0.25, 0.3) is 0 Å². The Bertz CT molecular complexity index is 286. The van der Waals surface area contributed by atoms with Crippen LogP contribution >= 0.6 is 0 Å². The molecular formula is C11H16O4. The van der Waals surface area contributed by atoms with E-state index in [1.807, 2.05) is 12.2 Å². The van der Waals surface area contributed by atoms with Crippen LogP contribution < -0.4 is 0 Å². The molecule has 0 aromatic rings. The Morgan fingerprint density at radius 2 is 2.27 bits per heavy atom. The van der Waals surface area contributed by atoms with Gasteiger partial charge in [-0.05, 0) is 12.8 Å². The van der Waals surface area contributed by atoms with Crippen molar-refractivity contribution in [2.24, 2.45) is 5.41 Å². The first-order valence-corrected chi connectivity index (χ1v) is 5.13. The van der Waals surface area contributed by atoms with Gasteiger partial charge in [-0.1, -0.05) is 12.2 Å². The number of fused-ring (bicyclic) bond motifs is 2. The lowest BCUT2D eigenvalue weighted by atomic mass is 9.71. The Hall–Kier alpha value is -0.870. The van der Waals surface area contributed by atoms with Gasteiger partial charge in [0.15, 0.2) is 6.29 Å². The molecule has 2 rings (SSSR count). The number of hydrogen-bond donors (Lipinski definition) is 0. The zero-order valence-corrected chi connectivity index (χ0v) is 9.06. The van der Waals surface area contributed by atoms with Crippen LogP contribution in [0.4, 0.5) is 0 Å². The lowest BCUT2D eigenvalue weighted by Gasteiger charge is -2.42. The third-order valence-electron chi connectivity index (χ3n) is 3.22. The minimum absolute atomic E-state index is 0.0171. The van der Waals surface area contributed by atoms with E-state index >= 15 is 0 Å². The Balaban J connectivity index is 2.22. The van der Waals surface area contributed by atoms with E-state index in [9.17, 15) is 4.79 Å². The number of carbonyl (C=O) groups is 1. The molecule has 0 spiro atoms. The molecule has 0 unspecified atom stereocenters. The average Bonchev–Trinajstić information content (AvgIpc) is 2.27. The highest BCUT2D eigenvalue weighted by Gasteiger charge is 2.48. The summed E-state index contributed by atoms with van der Waals surface area (Å²) in [7, 11) is 3.03. The van der Waals surface area contributed by atoms with E-state index < -0.39 is 5.41 Å². The molecule has 4 nitrogen and oxygen atoms in total. The molecule has 0 saturated carbocycles. The molecule has 1 aliphatic carbocycles. The lowest BCUT2D eigenvalue weighted by molar-refractivity contribution is -0.212. The Morgan fingerprint density at radius 1 is 1.47 bits per heavy atom. The van der Waals surface area contributed by atoms with Gasteiger partial charge in [0.2, 0.25) is 0 Å². The van der Waals surface area contributed by atoms with E-state index in [0.29, 0.717) is 12.8 Å². The number of methoxy groups -OCH3 is 2. The van der Waals surface area contributed by atoms with Crippen molar-refractivity contribution >= 4 is 5.97 Å². The van der Waals surface area contributed by atoms with Crippen molar-refractivity contribution in [1.82, 2.24) is 0 Å². The Morgan fingerprint density at radius 3 is 2.93 bits per heavy atom. The summed E-state index contributed by atoms with van der Waals surface area (Å²) >= 11 is 0. The molecule has 1 fully saturated rings. The molecule has 0 amide bonds. The third-order valence-corrected chi connectivity index (χ3v) is 3.22. The summed E-state index contributed by atoms with van der Waals surface area (Å²) in [6, 6.07) is 0. The fourth-order valence-electron chi connectivity index (χ4n) is 2.41. The van der Waals surface area contributed by atoms with E-state index in [-0.39, 0.29) is 18.4 Å². The van der Waals surface area contributed by atoms with Gasteiger partial charge in [-0.3, -0.25) is 4.79 Å². The van der Waals surface area contributed by atoms with Crippen LogP contribution in [0.3, 0.4) is 0 Å². The van der Waals surface area contributed by atoms with Crippen molar-refractivity contribution in [3.8, 4) is 0 Å². The maximum absolute atomic E-state index is 11.8. The molecule has 1 heterocycles. The maximum atomic E-state index is 11.8. The van der Waals surface area contributed by atoms with Crippen LogP contribution in [0, 0.1) is 5.41 Å². The minimum atomic E-state index is -0.437. The van der Waals surface area contributed by atoms with Crippen LogP contribution in [0.5, 0.6) is 0 Å². The number of ether oxygens (including phenoxy) is 3. The molecule has 15 heavy (non-hydrogen) atoms. The summed E-state index contributed by atoms with van der Waals surface area (Å²) < 4.78 is 15.7. The number of allylic oxidation sites excluding steroid dienone is 1. The quantitative estimate of drug-likeness (QED) is 0.510. The predicted octanol–water partition coefficient (Wildman–Crippen LogP) is 1.26. The van der Waals surface area contributed by atoms with E-state index in [1.165, 1.54) is 7.11 Å². The number of rotatable bonds is 2. The maximum Gasteiger partial charge on any atom is 0.312 e. The van der Waals surface area contributed by atoms with Crippen molar-refractivity contribution < 1.29 is 19.0 Å². The van der Waals surface area contributed by atoms with Gasteiger partial charge in [-0.25, -0.2) is 0 Å². The summed E-state index contributed by atoms with van der Waals surface area (Å²) in [5, 5.41) is 0. The highest BCUT2D eigenvalue weighted by molar-refractivity contribution is 5.77. The van der Waals surface area contributed by atoms with Crippen LogP contribution in [0.2, 0.25) is 0 Å². The molecule has 2 aliphatic rings. The van der Waals surface area contributed by atoms with Gasteiger partial charge in [0, 0.05) is 13.5 Å². The molecule has 84 valence electrons. The summed E-state index contributed by atoms with van der Waals surface area (Å²) in [6.45, 7) is 0. The van der Waals surface area contributed by atoms with Gasteiger partial charge >= 0.3 is 5.97 Å². The first kappa shape index (κ1) is 10.6. The molecule has 0 aromatic carbocycles. The molecular weight excluding hydrogens is 196 g/mol. The van der Waals surface area contributed by atoms with Gasteiger partial charge in [0.05, 0.1) is 18.6 Å². The first-order valence-electron chi connectivity index (χ1n) is 5.13. The van der Waals surface area contributed by atoms with Crippen LogP contribution in [0.25, 0.3) is 0 Å². The van der Waals surface area contributed by atoms with Crippen LogP contribution in [-0.2, 0) is 19.0 Å². The second kappa shape index (κ2) is 3.94. The molecule has 3 atom stereocenters. The topological polar surface area (TPSA) is 44.8 Å². The molecule has 1 aliphatic heterocycles. The first-order chi connectivity index (χ1) is 7.20. The second-order valence-corrected chi connectivity index (χ2v) is 4.15. The fraction of sp³-hybridized carbons (Fsp3) is 0.727. The zero-order chi connectivity index (χ0) is 10.9. The van der Waals surface area contributed by atoms with Gasteiger partial charge in [-0.2, -0.15) is 0 Å². The van der Waals surface area contributed by atoms with Crippen molar-refractivity contribution in [2.75, 3.05) is 14.2 Å².